The highest BCUT2D eigenvalue weighted by Crippen LogP contribution is 2.17. The van der Waals surface area contributed by atoms with E-state index >= 15 is 0 Å². The lowest BCUT2D eigenvalue weighted by atomic mass is 10.1. The summed E-state index contributed by atoms with van der Waals surface area (Å²) in [5.74, 6) is -0.359. The fraction of sp³-hybridized carbons (Fsp3) is 0.286. The lowest BCUT2D eigenvalue weighted by molar-refractivity contribution is 0.0600. The first kappa shape index (κ1) is 12.4. The summed E-state index contributed by atoms with van der Waals surface area (Å²) < 4.78 is 6.47. The van der Waals surface area contributed by atoms with Crippen LogP contribution in [0.1, 0.15) is 27.2 Å². The number of carbonyl (C=O) groups excluding carboxylic acids is 1. The largest absolute Gasteiger partial charge is 0.465 e. The molecule has 1 aromatic carbocycles. The fourth-order valence-corrected chi connectivity index (χ4v) is 1.84. The monoisotopic (exact) mass is 244 g/mol. The quantitative estimate of drug-likeness (QED) is 0.763. The summed E-state index contributed by atoms with van der Waals surface area (Å²) in [4.78, 5) is 11.5. The van der Waals surface area contributed by atoms with Crippen LogP contribution >= 0.6 is 0 Å². The van der Waals surface area contributed by atoms with Crippen molar-refractivity contribution in [2.75, 3.05) is 7.11 Å². The van der Waals surface area contributed by atoms with E-state index in [0.717, 1.165) is 11.4 Å². The van der Waals surface area contributed by atoms with Gasteiger partial charge in [0.1, 0.15) is 5.56 Å². The molecule has 0 spiro atoms. The maximum Gasteiger partial charge on any atom is 0.341 e. The Labute approximate surface area is 106 Å². The fourth-order valence-electron chi connectivity index (χ4n) is 1.84. The number of ether oxygens (including phenoxy) is 1. The Morgan fingerprint density at radius 3 is 2.56 bits per heavy atom. The molecule has 2 rings (SSSR count). The van der Waals surface area contributed by atoms with Crippen LogP contribution in [0, 0.1) is 20.8 Å². The van der Waals surface area contributed by atoms with Crippen molar-refractivity contribution in [3.8, 4) is 5.69 Å². The number of hydrogen-bond donors (Lipinski definition) is 0. The lowest BCUT2D eigenvalue weighted by Gasteiger charge is -2.07. The highest BCUT2D eigenvalue weighted by atomic mass is 16.5. The van der Waals surface area contributed by atoms with E-state index in [1.807, 2.05) is 19.1 Å². The topological polar surface area (TPSA) is 44.1 Å². The van der Waals surface area contributed by atoms with Crippen LogP contribution in [0.5, 0.6) is 0 Å². The van der Waals surface area contributed by atoms with Gasteiger partial charge in [0.05, 0.1) is 24.7 Å². The summed E-state index contributed by atoms with van der Waals surface area (Å²) in [5.41, 5.74) is 4.66. The number of nitrogens with zero attached hydrogens (tertiary/aromatic N) is 2. The van der Waals surface area contributed by atoms with Gasteiger partial charge in [-0.15, -0.1) is 0 Å². The van der Waals surface area contributed by atoms with Crippen LogP contribution in [0.4, 0.5) is 0 Å². The maximum atomic E-state index is 11.5. The molecule has 0 bridgehead atoms. The summed E-state index contributed by atoms with van der Waals surface area (Å²) in [7, 11) is 1.37. The van der Waals surface area contributed by atoms with Gasteiger partial charge in [0.25, 0.3) is 0 Å². The van der Waals surface area contributed by atoms with E-state index in [-0.39, 0.29) is 5.97 Å². The molecule has 4 nitrogen and oxygen atoms in total. The van der Waals surface area contributed by atoms with Crippen molar-refractivity contribution in [3.05, 3.63) is 46.8 Å². The minimum Gasteiger partial charge on any atom is -0.465 e. The van der Waals surface area contributed by atoms with Gasteiger partial charge in [0.15, 0.2) is 0 Å². The zero-order chi connectivity index (χ0) is 13.3. The average Bonchev–Trinajstić information content (AvgIpc) is 2.74. The van der Waals surface area contributed by atoms with Crippen LogP contribution in [0.3, 0.4) is 0 Å². The number of carbonyl (C=O) groups is 1. The molecule has 0 atom stereocenters. The van der Waals surface area contributed by atoms with E-state index in [0.29, 0.717) is 5.56 Å². The van der Waals surface area contributed by atoms with Gasteiger partial charge in [0.2, 0.25) is 0 Å². The first-order chi connectivity index (χ1) is 8.54. The van der Waals surface area contributed by atoms with Crippen LogP contribution in [-0.2, 0) is 4.74 Å². The molecule has 1 heterocycles. The zero-order valence-electron chi connectivity index (χ0n) is 11.0. The number of aryl methyl sites for hydroxylation is 2. The summed E-state index contributed by atoms with van der Waals surface area (Å²) in [6.07, 6.45) is 1.54. The van der Waals surface area contributed by atoms with E-state index in [4.69, 9.17) is 4.74 Å². The average molecular weight is 244 g/mol. The van der Waals surface area contributed by atoms with Crippen molar-refractivity contribution in [2.45, 2.75) is 20.8 Å². The molecular formula is C14H16N2O2. The molecule has 0 aliphatic heterocycles. The Kier molecular flexibility index (Phi) is 3.19. The molecule has 0 saturated heterocycles. The standard InChI is InChI=1S/C14H16N2O2/c1-9-5-6-12(7-10(9)2)16-11(3)13(8-15-16)14(17)18-4/h5-8H,1-4H3. The number of methoxy groups -OCH3 is 1. The molecule has 0 saturated carbocycles. The van der Waals surface area contributed by atoms with Gasteiger partial charge in [-0.2, -0.15) is 5.10 Å². The van der Waals surface area contributed by atoms with Gasteiger partial charge in [-0.25, -0.2) is 9.48 Å². The molecule has 0 amide bonds. The normalized spacial score (nSPS) is 10.4. The van der Waals surface area contributed by atoms with E-state index in [2.05, 4.69) is 25.0 Å². The lowest BCUT2D eigenvalue weighted by Crippen LogP contribution is -2.05. The number of benzene rings is 1. The van der Waals surface area contributed by atoms with Crippen molar-refractivity contribution >= 4 is 5.97 Å². The van der Waals surface area contributed by atoms with Gasteiger partial charge in [-0.1, -0.05) is 6.07 Å². The van der Waals surface area contributed by atoms with E-state index in [1.54, 1.807) is 4.68 Å². The summed E-state index contributed by atoms with van der Waals surface area (Å²) >= 11 is 0. The first-order valence-electron chi connectivity index (χ1n) is 5.75. The van der Waals surface area contributed by atoms with Crippen molar-refractivity contribution in [1.29, 1.82) is 0 Å². The summed E-state index contributed by atoms with van der Waals surface area (Å²) in [5, 5.41) is 4.24. The van der Waals surface area contributed by atoms with E-state index in [1.165, 1.54) is 24.4 Å². The van der Waals surface area contributed by atoms with Crippen LogP contribution in [-0.4, -0.2) is 22.9 Å². The SMILES string of the molecule is COC(=O)c1cnn(-c2ccc(C)c(C)c2)c1C. The maximum absolute atomic E-state index is 11.5. The van der Waals surface area contributed by atoms with Crippen LogP contribution in [0.15, 0.2) is 24.4 Å². The Bertz CT molecular complexity index is 600. The van der Waals surface area contributed by atoms with E-state index in [9.17, 15) is 4.79 Å². The summed E-state index contributed by atoms with van der Waals surface area (Å²) in [6, 6.07) is 6.09. The predicted molar refractivity (Wildman–Crippen MR) is 69.1 cm³/mol. The molecule has 0 aliphatic rings. The highest BCUT2D eigenvalue weighted by Gasteiger charge is 2.15. The first-order valence-corrected chi connectivity index (χ1v) is 5.75. The third kappa shape index (κ3) is 2.01. The van der Waals surface area contributed by atoms with Crippen molar-refractivity contribution in [2.24, 2.45) is 0 Å². The van der Waals surface area contributed by atoms with Gasteiger partial charge in [-0.3, -0.25) is 0 Å². The number of esters is 1. The Hall–Kier alpha value is -2.10. The second kappa shape index (κ2) is 4.64. The zero-order valence-corrected chi connectivity index (χ0v) is 11.0. The van der Waals surface area contributed by atoms with Gasteiger partial charge in [0, 0.05) is 0 Å². The smallest absolute Gasteiger partial charge is 0.341 e. The molecule has 0 unspecified atom stereocenters. The molecule has 94 valence electrons. The van der Waals surface area contributed by atoms with Gasteiger partial charge < -0.3 is 4.74 Å². The molecule has 18 heavy (non-hydrogen) atoms. The molecular weight excluding hydrogens is 228 g/mol. The molecule has 0 aliphatic carbocycles. The number of rotatable bonds is 2. The Morgan fingerprint density at radius 2 is 1.94 bits per heavy atom. The minimum absolute atomic E-state index is 0.359. The number of aromatic nitrogens is 2. The van der Waals surface area contributed by atoms with E-state index < -0.39 is 0 Å². The Balaban J connectivity index is 2.48. The predicted octanol–water partition coefficient (Wildman–Crippen LogP) is 2.58. The van der Waals surface area contributed by atoms with Crippen LogP contribution in [0.2, 0.25) is 0 Å². The molecule has 1 aromatic heterocycles. The number of hydrogen-bond acceptors (Lipinski definition) is 3. The van der Waals surface area contributed by atoms with Gasteiger partial charge in [-0.05, 0) is 44.0 Å². The minimum atomic E-state index is -0.359. The molecule has 0 fully saturated rings. The molecule has 2 aromatic rings. The molecule has 0 radical (unpaired) electrons. The summed E-state index contributed by atoms with van der Waals surface area (Å²) in [6.45, 7) is 5.97. The third-order valence-electron chi connectivity index (χ3n) is 3.15. The van der Waals surface area contributed by atoms with Crippen LogP contribution < -0.4 is 0 Å². The second-order valence-electron chi connectivity index (χ2n) is 4.32. The molecule has 4 heteroatoms. The third-order valence-corrected chi connectivity index (χ3v) is 3.15. The van der Waals surface area contributed by atoms with Crippen molar-refractivity contribution in [3.63, 3.8) is 0 Å². The van der Waals surface area contributed by atoms with Gasteiger partial charge >= 0.3 is 5.97 Å². The molecule has 0 N–H and O–H groups in total. The van der Waals surface area contributed by atoms with Crippen LogP contribution in [0.25, 0.3) is 5.69 Å². The van der Waals surface area contributed by atoms with Crippen molar-refractivity contribution < 1.29 is 9.53 Å². The van der Waals surface area contributed by atoms with Crippen molar-refractivity contribution in [1.82, 2.24) is 9.78 Å². The Morgan fingerprint density at radius 1 is 1.22 bits per heavy atom. The highest BCUT2D eigenvalue weighted by molar-refractivity contribution is 5.90. The second-order valence-corrected chi connectivity index (χ2v) is 4.32.